The molecule has 0 heterocycles. The van der Waals surface area contributed by atoms with Crippen LogP contribution in [0, 0.1) is 17.2 Å². The van der Waals surface area contributed by atoms with Gasteiger partial charge in [0.2, 0.25) is 0 Å². The molecule has 0 aliphatic carbocycles. The standard InChI is InChI=1S/C13H18N2S/c1-3-10(9-14)13(15)11-5-7-12(8-6-11)16-4-2/h5-8,10,13H,3-4,15H2,1-2H3. The Morgan fingerprint density at radius 1 is 1.31 bits per heavy atom. The Bertz CT molecular complexity index is 353. The monoisotopic (exact) mass is 234 g/mol. The topological polar surface area (TPSA) is 49.8 Å². The Morgan fingerprint density at radius 3 is 2.38 bits per heavy atom. The number of rotatable bonds is 5. The van der Waals surface area contributed by atoms with Gasteiger partial charge < -0.3 is 5.73 Å². The van der Waals surface area contributed by atoms with Crippen molar-refractivity contribution in [3.63, 3.8) is 0 Å². The third-order valence-corrected chi connectivity index (χ3v) is 3.51. The molecular weight excluding hydrogens is 216 g/mol. The van der Waals surface area contributed by atoms with Crippen molar-refractivity contribution < 1.29 is 0 Å². The minimum absolute atomic E-state index is 0.0929. The van der Waals surface area contributed by atoms with E-state index in [2.05, 4.69) is 25.1 Å². The summed E-state index contributed by atoms with van der Waals surface area (Å²) in [5, 5.41) is 8.96. The largest absolute Gasteiger partial charge is 0.323 e. The smallest absolute Gasteiger partial charge is 0.0675 e. The molecule has 0 aliphatic rings. The molecule has 0 saturated carbocycles. The summed E-state index contributed by atoms with van der Waals surface area (Å²) in [5.41, 5.74) is 7.10. The van der Waals surface area contributed by atoms with E-state index < -0.39 is 0 Å². The zero-order valence-corrected chi connectivity index (χ0v) is 10.6. The summed E-state index contributed by atoms with van der Waals surface area (Å²) in [6.07, 6.45) is 0.795. The van der Waals surface area contributed by atoms with E-state index in [1.54, 1.807) is 0 Å². The first-order chi connectivity index (χ1) is 7.72. The Morgan fingerprint density at radius 2 is 1.94 bits per heavy atom. The first-order valence-electron chi connectivity index (χ1n) is 5.60. The van der Waals surface area contributed by atoms with Crippen LogP contribution in [0.4, 0.5) is 0 Å². The normalized spacial score (nSPS) is 14.1. The molecule has 86 valence electrons. The molecule has 1 aromatic carbocycles. The number of nitriles is 1. The fraction of sp³-hybridized carbons (Fsp3) is 0.462. The van der Waals surface area contributed by atoms with Crippen LogP contribution in [0.15, 0.2) is 29.2 Å². The minimum Gasteiger partial charge on any atom is -0.323 e. The van der Waals surface area contributed by atoms with Gasteiger partial charge in [-0.2, -0.15) is 5.26 Å². The van der Waals surface area contributed by atoms with Crippen LogP contribution in [-0.4, -0.2) is 5.75 Å². The SMILES string of the molecule is CCSc1ccc(C(N)C(C#N)CC)cc1. The molecule has 0 fully saturated rings. The van der Waals surface area contributed by atoms with Gasteiger partial charge in [0.05, 0.1) is 12.0 Å². The lowest BCUT2D eigenvalue weighted by molar-refractivity contribution is 0.517. The number of hydrogen-bond acceptors (Lipinski definition) is 3. The third-order valence-electron chi connectivity index (χ3n) is 2.62. The van der Waals surface area contributed by atoms with Gasteiger partial charge in [0, 0.05) is 10.9 Å². The summed E-state index contributed by atoms with van der Waals surface area (Å²) in [6.45, 7) is 4.13. The quantitative estimate of drug-likeness (QED) is 0.795. The zero-order valence-electron chi connectivity index (χ0n) is 9.81. The molecule has 2 N–H and O–H groups in total. The highest BCUT2D eigenvalue weighted by Crippen LogP contribution is 2.24. The third kappa shape index (κ3) is 3.26. The van der Waals surface area contributed by atoms with Gasteiger partial charge in [-0.25, -0.2) is 0 Å². The van der Waals surface area contributed by atoms with Crippen LogP contribution in [0.3, 0.4) is 0 Å². The predicted molar refractivity (Wildman–Crippen MR) is 69.2 cm³/mol. The van der Waals surface area contributed by atoms with E-state index in [9.17, 15) is 0 Å². The predicted octanol–water partition coefficient (Wildman–Crippen LogP) is 3.35. The summed E-state index contributed by atoms with van der Waals surface area (Å²) >= 11 is 1.81. The van der Waals surface area contributed by atoms with Gasteiger partial charge in [-0.05, 0) is 29.9 Å². The Hall–Kier alpha value is -0.980. The number of nitrogens with two attached hydrogens (primary N) is 1. The molecule has 0 aliphatic heterocycles. The lowest BCUT2D eigenvalue weighted by Crippen LogP contribution is -2.19. The van der Waals surface area contributed by atoms with E-state index in [1.807, 2.05) is 30.8 Å². The Kier molecular flexibility index (Phi) is 5.37. The van der Waals surface area contributed by atoms with Crippen LogP contribution in [0.2, 0.25) is 0 Å². The highest BCUT2D eigenvalue weighted by Gasteiger charge is 2.16. The van der Waals surface area contributed by atoms with Crippen molar-refractivity contribution in [2.24, 2.45) is 11.7 Å². The highest BCUT2D eigenvalue weighted by atomic mass is 32.2. The van der Waals surface area contributed by atoms with E-state index in [4.69, 9.17) is 11.0 Å². The lowest BCUT2D eigenvalue weighted by Gasteiger charge is -2.16. The molecule has 0 radical (unpaired) electrons. The van der Waals surface area contributed by atoms with Crippen molar-refractivity contribution in [2.75, 3.05) is 5.75 Å². The molecule has 3 heteroatoms. The van der Waals surface area contributed by atoms with Crippen molar-refractivity contribution >= 4 is 11.8 Å². The van der Waals surface area contributed by atoms with Crippen LogP contribution in [0.5, 0.6) is 0 Å². The van der Waals surface area contributed by atoms with Crippen molar-refractivity contribution in [1.29, 1.82) is 5.26 Å². The molecule has 0 spiro atoms. The van der Waals surface area contributed by atoms with E-state index in [0.29, 0.717) is 0 Å². The first kappa shape index (κ1) is 13.1. The van der Waals surface area contributed by atoms with Gasteiger partial charge in [0.15, 0.2) is 0 Å². The van der Waals surface area contributed by atoms with Crippen LogP contribution in [0.25, 0.3) is 0 Å². The molecular formula is C13H18N2S. The second kappa shape index (κ2) is 6.57. The fourth-order valence-electron chi connectivity index (χ4n) is 1.61. The summed E-state index contributed by atoms with van der Waals surface area (Å²) in [7, 11) is 0. The first-order valence-corrected chi connectivity index (χ1v) is 6.59. The fourth-order valence-corrected chi connectivity index (χ4v) is 2.27. The molecule has 16 heavy (non-hydrogen) atoms. The number of benzene rings is 1. The van der Waals surface area contributed by atoms with Crippen molar-refractivity contribution in [1.82, 2.24) is 0 Å². The maximum atomic E-state index is 8.96. The van der Waals surface area contributed by atoms with Crippen LogP contribution in [0.1, 0.15) is 31.9 Å². The lowest BCUT2D eigenvalue weighted by atomic mass is 9.93. The van der Waals surface area contributed by atoms with Gasteiger partial charge in [-0.15, -0.1) is 11.8 Å². The van der Waals surface area contributed by atoms with E-state index in [-0.39, 0.29) is 12.0 Å². The van der Waals surface area contributed by atoms with Gasteiger partial charge >= 0.3 is 0 Å². The Balaban J connectivity index is 2.77. The van der Waals surface area contributed by atoms with Crippen LogP contribution < -0.4 is 5.73 Å². The summed E-state index contributed by atoms with van der Waals surface area (Å²) < 4.78 is 0. The molecule has 0 aromatic heterocycles. The van der Waals surface area contributed by atoms with E-state index in [1.165, 1.54) is 4.90 Å². The van der Waals surface area contributed by atoms with Gasteiger partial charge in [0.1, 0.15) is 0 Å². The average molecular weight is 234 g/mol. The van der Waals surface area contributed by atoms with E-state index >= 15 is 0 Å². The molecule has 1 rings (SSSR count). The molecule has 0 bridgehead atoms. The maximum Gasteiger partial charge on any atom is 0.0675 e. The number of thioether (sulfide) groups is 1. The highest BCUT2D eigenvalue weighted by molar-refractivity contribution is 7.99. The molecule has 0 saturated heterocycles. The zero-order chi connectivity index (χ0) is 12.0. The van der Waals surface area contributed by atoms with Crippen molar-refractivity contribution in [3.8, 4) is 6.07 Å². The number of nitrogens with zero attached hydrogens (tertiary/aromatic N) is 1. The second-order valence-electron chi connectivity index (χ2n) is 3.67. The summed E-state index contributed by atoms with van der Waals surface area (Å²) in [6, 6.07) is 10.3. The summed E-state index contributed by atoms with van der Waals surface area (Å²) in [5.74, 6) is 0.978. The van der Waals surface area contributed by atoms with Crippen molar-refractivity contribution in [3.05, 3.63) is 29.8 Å². The minimum atomic E-state index is -0.171. The summed E-state index contributed by atoms with van der Waals surface area (Å²) in [4.78, 5) is 1.25. The Labute approximate surface area is 102 Å². The molecule has 2 unspecified atom stereocenters. The van der Waals surface area contributed by atoms with Gasteiger partial charge in [0.25, 0.3) is 0 Å². The van der Waals surface area contributed by atoms with Crippen LogP contribution >= 0.6 is 11.8 Å². The maximum absolute atomic E-state index is 8.96. The van der Waals surface area contributed by atoms with E-state index in [0.717, 1.165) is 17.7 Å². The van der Waals surface area contributed by atoms with Gasteiger partial charge in [-0.3, -0.25) is 0 Å². The van der Waals surface area contributed by atoms with Crippen LogP contribution in [-0.2, 0) is 0 Å². The van der Waals surface area contributed by atoms with Crippen molar-refractivity contribution in [2.45, 2.75) is 31.2 Å². The average Bonchev–Trinajstić information content (AvgIpc) is 2.32. The second-order valence-corrected chi connectivity index (χ2v) is 5.01. The molecule has 1 aromatic rings. The number of hydrogen-bond donors (Lipinski definition) is 1. The molecule has 2 atom stereocenters. The molecule has 2 nitrogen and oxygen atoms in total. The van der Waals surface area contributed by atoms with Gasteiger partial charge in [-0.1, -0.05) is 26.0 Å². The molecule has 0 amide bonds.